The summed E-state index contributed by atoms with van der Waals surface area (Å²) < 4.78 is 0. The smallest absolute Gasteiger partial charge is 0.337 e. The summed E-state index contributed by atoms with van der Waals surface area (Å²) >= 11 is 0. The Morgan fingerprint density at radius 1 is 1.19 bits per heavy atom. The fourth-order valence-corrected chi connectivity index (χ4v) is 2.14. The van der Waals surface area contributed by atoms with Crippen LogP contribution in [0.5, 0.6) is 0 Å². The van der Waals surface area contributed by atoms with Gasteiger partial charge in [-0.1, -0.05) is 24.1 Å². The van der Waals surface area contributed by atoms with Crippen molar-refractivity contribution in [1.29, 1.82) is 0 Å². The maximum Gasteiger partial charge on any atom is 0.337 e. The van der Waals surface area contributed by atoms with Gasteiger partial charge < -0.3 is 10.1 Å². The first-order valence-electron chi connectivity index (χ1n) is 6.44. The Labute approximate surface area is 121 Å². The number of carboxylic acids is 1. The summed E-state index contributed by atoms with van der Waals surface area (Å²) in [6, 6.07) is 13.0. The van der Waals surface area contributed by atoms with Crippen molar-refractivity contribution < 1.29 is 9.90 Å². The van der Waals surface area contributed by atoms with Gasteiger partial charge in [0, 0.05) is 5.56 Å². The molecule has 1 heterocycles. The largest absolute Gasteiger partial charge is 0.478 e. The van der Waals surface area contributed by atoms with E-state index in [0.717, 1.165) is 11.1 Å². The van der Waals surface area contributed by atoms with Crippen LogP contribution in [-0.4, -0.2) is 21.0 Å². The van der Waals surface area contributed by atoms with Crippen molar-refractivity contribution in [3.05, 3.63) is 65.0 Å². The van der Waals surface area contributed by atoms with Crippen molar-refractivity contribution in [2.45, 2.75) is 6.92 Å². The number of carbonyl (C=O) groups is 1. The lowest BCUT2D eigenvalue weighted by Crippen LogP contribution is -1.98. The second-order valence-electron chi connectivity index (χ2n) is 4.72. The molecule has 2 aromatic carbocycles. The van der Waals surface area contributed by atoms with Gasteiger partial charge in [-0.25, -0.2) is 9.78 Å². The summed E-state index contributed by atoms with van der Waals surface area (Å²) in [5, 5.41) is 9.23. The average Bonchev–Trinajstić information content (AvgIpc) is 2.87. The molecule has 0 aliphatic heterocycles. The maximum absolute atomic E-state index is 11.3. The van der Waals surface area contributed by atoms with Crippen LogP contribution in [0.25, 0.3) is 11.0 Å². The van der Waals surface area contributed by atoms with Gasteiger partial charge >= 0.3 is 5.97 Å². The zero-order valence-electron chi connectivity index (χ0n) is 11.3. The number of hydrogen-bond donors (Lipinski definition) is 2. The van der Waals surface area contributed by atoms with Crippen molar-refractivity contribution in [1.82, 2.24) is 9.97 Å². The van der Waals surface area contributed by atoms with Gasteiger partial charge in [-0.2, -0.15) is 0 Å². The summed E-state index contributed by atoms with van der Waals surface area (Å²) in [7, 11) is 0. The first kappa shape index (κ1) is 12.9. The van der Waals surface area contributed by atoms with E-state index >= 15 is 0 Å². The Balaban J connectivity index is 2.08. The number of hydrogen-bond acceptors (Lipinski definition) is 2. The molecule has 0 saturated carbocycles. The molecule has 0 saturated heterocycles. The van der Waals surface area contributed by atoms with Crippen LogP contribution in [0.2, 0.25) is 0 Å². The zero-order chi connectivity index (χ0) is 14.8. The molecule has 0 fully saturated rings. The van der Waals surface area contributed by atoms with Crippen molar-refractivity contribution in [2.24, 2.45) is 0 Å². The average molecular weight is 276 g/mol. The lowest BCUT2D eigenvalue weighted by molar-refractivity contribution is 0.0698. The molecule has 0 amide bonds. The third-order valence-electron chi connectivity index (χ3n) is 3.06. The molecule has 0 atom stereocenters. The SMILES string of the molecule is Cc1cc(C(=O)O)c2nc(C#Cc3ccccc3)[nH]c2c1. The van der Waals surface area contributed by atoms with Gasteiger partial charge in [-0.05, 0) is 42.7 Å². The number of aryl methyl sites for hydroxylation is 1. The minimum atomic E-state index is -0.988. The number of aromatic amines is 1. The van der Waals surface area contributed by atoms with E-state index in [4.69, 9.17) is 0 Å². The molecule has 0 spiro atoms. The van der Waals surface area contributed by atoms with Crippen LogP contribution in [0.15, 0.2) is 42.5 Å². The molecule has 102 valence electrons. The quantitative estimate of drug-likeness (QED) is 0.671. The Morgan fingerprint density at radius 2 is 1.95 bits per heavy atom. The van der Waals surface area contributed by atoms with Crippen LogP contribution in [-0.2, 0) is 0 Å². The van der Waals surface area contributed by atoms with Crippen LogP contribution in [0, 0.1) is 18.8 Å². The molecule has 2 N–H and O–H groups in total. The molecular formula is C17H12N2O2. The Bertz CT molecular complexity index is 884. The highest BCUT2D eigenvalue weighted by Crippen LogP contribution is 2.19. The highest BCUT2D eigenvalue weighted by molar-refractivity contribution is 6.01. The molecule has 0 unspecified atom stereocenters. The van der Waals surface area contributed by atoms with Gasteiger partial charge in [0.15, 0.2) is 5.82 Å². The van der Waals surface area contributed by atoms with Gasteiger partial charge in [-0.15, -0.1) is 0 Å². The summed E-state index contributed by atoms with van der Waals surface area (Å²) in [6.45, 7) is 1.85. The number of aromatic carboxylic acids is 1. The third-order valence-corrected chi connectivity index (χ3v) is 3.06. The standard InChI is InChI=1S/C17H12N2O2/c1-11-9-13(17(20)21)16-14(10-11)18-15(19-16)8-7-12-5-3-2-4-6-12/h2-6,9-10H,1H3,(H,18,19)(H,20,21). The summed E-state index contributed by atoms with van der Waals surface area (Å²) in [5.74, 6) is 5.39. The predicted molar refractivity (Wildman–Crippen MR) is 80.2 cm³/mol. The Kier molecular flexibility index (Phi) is 3.17. The first-order chi connectivity index (χ1) is 10.1. The number of nitrogens with zero attached hydrogens (tertiary/aromatic N) is 1. The summed E-state index contributed by atoms with van der Waals surface area (Å²) in [5.41, 5.74) is 3.06. The minimum Gasteiger partial charge on any atom is -0.478 e. The topological polar surface area (TPSA) is 66.0 Å². The number of H-pyrrole nitrogens is 1. The number of nitrogens with one attached hydrogen (secondary N) is 1. The van der Waals surface area contributed by atoms with Crippen LogP contribution in [0.3, 0.4) is 0 Å². The van der Waals surface area contributed by atoms with Crippen molar-refractivity contribution in [3.8, 4) is 11.8 Å². The zero-order valence-corrected chi connectivity index (χ0v) is 11.3. The monoisotopic (exact) mass is 276 g/mol. The Hall–Kier alpha value is -3.06. The predicted octanol–water partition coefficient (Wildman–Crippen LogP) is 2.97. The lowest BCUT2D eigenvalue weighted by Gasteiger charge is -1.97. The molecule has 3 aromatic rings. The molecule has 0 radical (unpaired) electrons. The van der Waals surface area contributed by atoms with Crippen molar-refractivity contribution >= 4 is 17.0 Å². The lowest BCUT2D eigenvalue weighted by atomic mass is 10.1. The van der Waals surface area contributed by atoms with E-state index in [1.807, 2.05) is 43.3 Å². The summed E-state index contributed by atoms with van der Waals surface area (Å²) in [6.07, 6.45) is 0. The normalized spacial score (nSPS) is 10.1. The van der Waals surface area contributed by atoms with Crippen LogP contribution in [0.1, 0.15) is 27.3 Å². The molecular weight excluding hydrogens is 264 g/mol. The van der Waals surface area contributed by atoms with Gasteiger partial charge in [0.2, 0.25) is 0 Å². The van der Waals surface area contributed by atoms with E-state index in [9.17, 15) is 9.90 Å². The number of rotatable bonds is 1. The fourth-order valence-electron chi connectivity index (χ4n) is 2.14. The number of imidazole rings is 1. The molecule has 0 bridgehead atoms. The van der Waals surface area contributed by atoms with E-state index in [1.54, 1.807) is 6.07 Å². The van der Waals surface area contributed by atoms with Crippen LogP contribution in [0.4, 0.5) is 0 Å². The summed E-state index contributed by atoms with van der Waals surface area (Å²) in [4.78, 5) is 18.6. The van der Waals surface area contributed by atoms with Gasteiger partial charge in [0.1, 0.15) is 5.52 Å². The Morgan fingerprint density at radius 3 is 2.67 bits per heavy atom. The third kappa shape index (κ3) is 2.63. The number of benzene rings is 2. The van der Waals surface area contributed by atoms with Crippen molar-refractivity contribution in [2.75, 3.05) is 0 Å². The molecule has 0 aliphatic rings. The van der Waals surface area contributed by atoms with Gasteiger partial charge in [0.25, 0.3) is 0 Å². The van der Waals surface area contributed by atoms with Gasteiger partial charge in [-0.3, -0.25) is 0 Å². The molecule has 4 nitrogen and oxygen atoms in total. The molecule has 4 heteroatoms. The number of aromatic nitrogens is 2. The highest BCUT2D eigenvalue weighted by Gasteiger charge is 2.13. The van der Waals surface area contributed by atoms with E-state index in [-0.39, 0.29) is 5.56 Å². The van der Waals surface area contributed by atoms with Gasteiger partial charge in [0.05, 0.1) is 11.1 Å². The van der Waals surface area contributed by atoms with Crippen molar-refractivity contribution in [3.63, 3.8) is 0 Å². The fraction of sp³-hybridized carbons (Fsp3) is 0.0588. The minimum absolute atomic E-state index is 0.189. The molecule has 21 heavy (non-hydrogen) atoms. The van der Waals surface area contributed by atoms with E-state index in [1.165, 1.54) is 0 Å². The van der Waals surface area contributed by atoms with E-state index in [2.05, 4.69) is 21.8 Å². The molecule has 0 aliphatic carbocycles. The first-order valence-corrected chi connectivity index (χ1v) is 6.44. The second-order valence-corrected chi connectivity index (χ2v) is 4.72. The number of fused-ring (bicyclic) bond motifs is 1. The van der Waals surface area contributed by atoms with Crippen LogP contribution >= 0.6 is 0 Å². The maximum atomic E-state index is 11.3. The molecule has 1 aromatic heterocycles. The van der Waals surface area contributed by atoms with Crippen LogP contribution < -0.4 is 0 Å². The van der Waals surface area contributed by atoms with E-state index in [0.29, 0.717) is 16.9 Å². The highest BCUT2D eigenvalue weighted by atomic mass is 16.4. The molecule has 3 rings (SSSR count). The van der Waals surface area contributed by atoms with E-state index < -0.39 is 5.97 Å². The number of carboxylic acid groups (broad SMARTS) is 1. The second kappa shape index (κ2) is 5.14.